The van der Waals surface area contributed by atoms with Crippen molar-refractivity contribution in [2.45, 2.75) is 31.8 Å². The number of carbonyl (C=O) groups excluding carboxylic acids is 1. The smallest absolute Gasteiger partial charge is 0.410 e. The molecule has 1 atom stereocenters. The molecule has 2 aromatic carbocycles. The molecular weight excluding hydrogens is 396 g/mol. The lowest BCUT2D eigenvalue weighted by molar-refractivity contribution is -0.384. The van der Waals surface area contributed by atoms with Gasteiger partial charge in [-0.15, -0.1) is 0 Å². The van der Waals surface area contributed by atoms with Crippen LogP contribution in [0.3, 0.4) is 0 Å². The zero-order chi connectivity index (χ0) is 21.4. The van der Waals surface area contributed by atoms with Crippen LogP contribution in [-0.2, 0) is 17.7 Å². The second-order valence-electron chi connectivity index (χ2n) is 8.14. The molecular formula is C23H24N4O4. The molecule has 0 spiro atoms. The maximum atomic E-state index is 12.7. The molecule has 1 N–H and O–H groups in total. The summed E-state index contributed by atoms with van der Waals surface area (Å²) in [7, 11) is 0. The summed E-state index contributed by atoms with van der Waals surface area (Å²) in [6.07, 6.45) is 2.45. The van der Waals surface area contributed by atoms with Gasteiger partial charge in [0.15, 0.2) is 0 Å². The molecule has 1 unspecified atom stereocenters. The van der Waals surface area contributed by atoms with E-state index in [1.54, 1.807) is 17.0 Å². The molecule has 0 bridgehead atoms. The third kappa shape index (κ3) is 3.69. The number of nitrogens with one attached hydrogen (secondary N) is 1. The Morgan fingerprint density at radius 1 is 1.16 bits per heavy atom. The molecule has 1 fully saturated rings. The Morgan fingerprint density at radius 3 is 2.77 bits per heavy atom. The Morgan fingerprint density at radius 2 is 1.97 bits per heavy atom. The predicted octanol–water partition coefficient (Wildman–Crippen LogP) is 4.24. The van der Waals surface area contributed by atoms with Gasteiger partial charge in [-0.1, -0.05) is 18.2 Å². The Hall–Kier alpha value is -3.55. The number of carbonyl (C=O) groups is 1. The van der Waals surface area contributed by atoms with Crippen molar-refractivity contribution in [3.8, 4) is 0 Å². The molecule has 0 aliphatic carbocycles. The number of anilines is 1. The maximum absolute atomic E-state index is 12.7. The van der Waals surface area contributed by atoms with E-state index in [2.05, 4.69) is 22.0 Å². The van der Waals surface area contributed by atoms with Crippen LogP contribution >= 0.6 is 0 Å². The minimum Gasteiger partial charge on any atom is -0.447 e. The number of ether oxygens (including phenoxy) is 1. The Bertz CT molecular complexity index is 1120. The van der Waals surface area contributed by atoms with Crippen LogP contribution in [0.4, 0.5) is 16.2 Å². The molecule has 0 saturated carbocycles. The van der Waals surface area contributed by atoms with E-state index in [1.807, 2.05) is 12.1 Å². The first-order valence-electron chi connectivity index (χ1n) is 10.6. The minimum absolute atomic E-state index is 0.0763. The number of rotatable bonds is 4. The monoisotopic (exact) mass is 420 g/mol. The molecule has 1 aromatic heterocycles. The first-order valence-corrected chi connectivity index (χ1v) is 10.6. The number of non-ortho nitro benzene ring substituents is 1. The number of nitro benzene ring substituents is 1. The lowest BCUT2D eigenvalue weighted by atomic mass is 10.0. The highest BCUT2D eigenvalue weighted by atomic mass is 16.6. The number of nitrogens with zero attached hydrogens (tertiary/aromatic N) is 3. The van der Waals surface area contributed by atoms with Crippen LogP contribution in [0, 0.1) is 10.1 Å². The first-order chi connectivity index (χ1) is 15.1. The van der Waals surface area contributed by atoms with Crippen molar-refractivity contribution in [2.75, 3.05) is 24.6 Å². The molecule has 8 nitrogen and oxygen atoms in total. The van der Waals surface area contributed by atoms with Gasteiger partial charge in [0.1, 0.15) is 6.61 Å². The number of hydrogen-bond donors (Lipinski definition) is 1. The highest BCUT2D eigenvalue weighted by Crippen LogP contribution is 2.29. The van der Waals surface area contributed by atoms with Crippen LogP contribution in [0.2, 0.25) is 0 Å². The van der Waals surface area contributed by atoms with Gasteiger partial charge in [0.05, 0.1) is 17.5 Å². The van der Waals surface area contributed by atoms with Crippen molar-refractivity contribution in [3.63, 3.8) is 0 Å². The van der Waals surface area contributed by atoms with E-state index >= 15 is 0 Å². The fraction of sp³-hybridized carbons (Fsp3) is 0.348. The van der Waals surface area contributed by atoms with E-state index in [0.717, 1.165) is 42.7 Å². The first kappa shape index (κ1) is 19.4. The van der Waals surface area contributed by atoms with Gasteiger partial charge in [-0.3, -0.25) is 10.1 Å². The fourth-order valence-corrected chi connectivity index (χ4v) is 4.72. The number of H-pyrrole nitrogens is 1. The number of aromatic amines is 1. The Balaban J connectivity index is 1.21. The largest absolute Gasteiger partial charge is 0.447 e. The number of amides is 1. The van der Waals surface area contributed by atoms with E-state index in [1.165, 1.54) is 23.1 Å². The predicted molar refractivity (Wildman–Crippen MR) is 117 cm³/mol. The van der Waals surface area contributed by atoms with Crippen LogP contribution in [-0.4, -0.2) is 46.6 Å². The van der Waals surface area contributed by atoms with Gasteiger partial charge in [-0.2, -0.15) is 0 Å². The van der Waals surface area contributed by atoms with E-state index in [9.17, 15) is 14.9 Å². The standard InChI is InChI=1S/C23H24N4O4/c28-23(25-13-11-20-19-5-1-2-6-21(19)24-22(20)14-25)31-15-18-4-3-12-26(18)16-7-9-17(10-8-16)27(29)30/h1-2,5-10,18,24H,3-4,11-15H2. The molecule has 2 aliphatic heterocycles. The summed E-state index contributed by atoms with van der Waals surface area (Å²) in [5, 5.41) is 12.1. The second-order valence-corrected chi connectivity index (χ2v) is 8.14. The quantitative estimate of drug-likeness (QED) is 0.503. The minimum atomic E-state index is -0.399. The van der Waals surface area contributed by atoms with Crippen molar-refractivity contribution in [2.24, 2.45) is 0 Å². The third-order valence-corrected chi connectivity index (χ3v) is 6.31. The summed E-state index contributed by atoms with van der Waals surface area (Å²) in [5.41, 5.74) is 4.47. The molecule has 1 saturated heterocycles. The van der Waals surface area contributed by atoms with E-state index in [-0.39, 0.29) is 17.8 Å². The summed E-state index contributed by atoms with van der Waals surface area (Å²) in [5.74, 6) is 0. The van der Waals surface area contributed by atoms with Crippen LogP contribution in [0.25, 0.3) is 10.9 Å². The van der Waals surface area contributed by atoms with Crippen LogP contribution in [0.5, 0.6) is 0 Å². The normalized spacial score (nSPS) is 18.3. The SMILES string of the molecule is O=C(OCC1CCCN1c1ccc([N+](=O)[O-])cc1)N1CCc2c([nH]c3ccccc23)C1. The molecule has 31 heavy (non-hydrogen) atoms. The van der Waals surface area contributed by atoms with Gasteiger partial charge < -0.3 is 19.5 Å². The topological polar surface area (TPSA) is 91.7 Å². The number of nitro groups is 1. The van der Waals surface area contributed by atoms with Crippen molar-refractivity contribution in [3.05, 3.63) is 69.9 Å². The lowest BCUT2D eigenvalue weighted by Crippen LogP contribution is -2.39. The number of aromatic nitrogens is 1. The number of fused-ring (bicyclic) bond motifs is 3. The molecule has 5 rings (SSSR count). The van der Waals surface area contributed by atoms with Gasteiger partial charge in [0.2, 0.25) is 0 Å². The molecule has 3 aromatic rings. The molecule has 3 heterocycles. The van der Waals surface area contributed by atoms with Gasteiger partial charge in [-0.05, 0) is 43.0 Å². The van der Waals surface area contributed by atoms with Gasteiger partial charge >= 0.3 is 6.09 Å². The van der Waals surface area contributed by atoms with Crippen molar-refractivity contribution >= 4 is 28.4 Å². The number of hydrogen-bond acceptors (Lipinski definition) is 5. The molecule has 0 radical (unpaired) electrons. The van der Waals surface area contributed by atoms with E-state index < -0.39 is 4.92 Å². The van der Waals surface area contributed by atoms with E-state index in [0.29, 0.717) is 19.7 Å². The maximum Gasteiger partial charge on any atom is 0.410 e. The molecule has 8 heteroatoms. The summed E-state index contributed by atoms with van der Waals surface area (Å²) in [4.78, 5) is 30.6. The number of benzene rings is 2. The zero-order valence-electron chi connectivity index (χ0n) is 17.1. The summed E-state index contributed by atoms with van der Waals surface area (Å²) < 4.78 is 5.69. The highest BCUT2D eigenvalue weighted by Gasteiger charge is 2.29. The second kappa shape index (κ2) is 7.94. The average molecular weight is 420 g/mol. The van der Waals surface area contributed by atoms with Crippen LogP contribution in [0.15, 0.2) is 48.5 Å². The van der Waals surface area contributed by atoms with Crippen LogP contribution < -0.4 is 4.90 Å². The Kier molecular flexibility index (Phi) is 4.97. The summed E-state index contributed by atoms with van der Waals surface area (Å²) >= 11 is 0. The van der Waals surface area contributed by atoms with Gasteiger partial charge in [0, 0.05) is 47.5 Å². The lowest BCUT2D eigenvalue weighted by Gasteiger charge is -2.29. The molecule has 1 amide bonds. The third-order valence-electron chi connectivity index (χ3n) is 6.31. The number of para-hydroxylation sites is 1. The summed E-state index contributed by atoms with van der Waals surface area (Å²) in [6, 6.07) is 14.9. The van der Waals surface area contributed by atoms with Gasteiger partial charge in [0.25, 0.3) is 5.69 Å². The molecule has 2 aliphatic rings. The van der Waals surface area contributed by atoms with Crippen LogP contribution in [0.1, 0.15) is 24.1 Å². The zero-order valence-corrected chi connectivity index (χ0v) is 17.1. The van der Waals surface area contributed by atoms with Gasteiger partial charge in [-0.25, -0.2) is 4.79 Å². The van der Waals surface area contributed by atoms with Crippen molar-refractivity contribution in [1.82, 2.24) is 9.88 Å². The Labute approximate surface area is 179 Å². The average Bonchev–Trinajstić information content (AvgIpc) is 3.41. The fourth-order valence-electron chi connectivity index (χ4n) is 4.72. The van der Waals surface area contributed by atoms with E-state index in [4.69, 9.17) is 4.74 Å². The summed E-state index contributed by atoms with van der Waals surface area (Å²) in [6.45, 7) is 2.33. The molecule has 160 valence electrons. The van der Waals surface area contributed by atoms with Crippen molar-refractivity contribution < 1.29 is 14.5 Å². The highest BCUT2D eigenvalue weighted by molar-refractivity contribution is 5.85. The van der Waals surface area contributed by atoms with Crippen molar-refractivity contribution in [1.29, 1.82) is 0 Å².